The zero-order valence-corrected chi connectivity index (χ0v) is 8.41. The second-order valence-electron chi connectivity index (χ2n) is 3.02. The van der Waals surface area contributed by atoms with E-state index in [-0.39, 0.29) is 5.84 Å². The predicted molar refractivity (Wildman–Crippen MR) is 58.1 cm³/mol. The fourth-order valence-corrected chi connectivity index (χ4v) is 1.09. The number of amidine groups is 1. The lowest BCUT2D eigenvalue weighted by molar-refractivity contribution is 0.187. The molecule has 1 amide bonds. The molecular formula is C10H13N3O2. The van der Waals surface area contributed by atoms with Gasteiger partial charge in [-0.2, -0.15) is 0 Å². The normalized spacial score (nSPS) is 9.40. The molecule has 1 rings (SSSR count). The van der Waals surface area contributed by atoms with Gasteiger partial charge in [0, 0.05) is 12.1 Å². The molecule has 5 heteroatoms. The number of benzene rings is 1. The van der Waals surface area contributed by atoms with E-state index < -0.39 is 6.09 Å². The topological polar surface area (TPSA) is 88.2 Å². The first-order chi connectivity index (χ1) is 7.11. The Hall–Kier alpha value is -2.04. The van der Waals surface area contributed by atoms with Crippen LogP contribution in [0.25, 0.3) is 0 Å². The zero-order chi connectivity index (χ0) is 11.3. The van der Waals surface area contributed by atoms with Crippen molar-refractivity contribution in [3.63, 3.8) is 0 Å². The number of hydrogen-bond acceptors (Lipinski definition) is 3. The monoisotopic (exact) mass is 207 g/mol. The first-order valence-corrected chi connectivity index (χ1v) is 4.38. The van der Waals surface area contributed by atoms with Crippen molar-refractivity contribution >= 4 is 17.6 Å². The molecule has 0 atom stereocenters. The molecule has 1 aromatic carbocycles. The first kappa shape index (κ1) is 11.0. The van der Waals surface area contributed by atoms with E-state index in [0.717, 1.165) is 5.56 Å². The Balaban J connectivity index is 2.64. The Labute approximate surface area is 87.7 Å². The molecule has 0 aliphatic heterocycles. The number of carbonyl (C=O) groups is 1. The Bertz CT molecular complexity index is 359. The number of carbonyl (C=O) groups excluding carboxylic acids is 1. The summed E-state index contributed by atoms with van der Waals surface area (Å²) in [6, 6.07) is 7.06. The van der Waals surface area contributed by atoms with Crippen LogP contribution in [-0.2, 0) is 11.2 Å². The van der Waals surface area contributed by atoms with Gasteiger partial charge in [0.2, 0.25) is 0 Å². The number of rotatable bonds is 3. The number of hydrogen-bond donors (Lipinski definition) is 3. The summed E-state index contributed by atoms with van der Waals surface area (Å²) in [5, 5.41) is 9.64. The molecule has 0 aliphatic carbocycles. The minimum Gasteiger partial charge on any atom is -0.453 e. The summed E-state index contributed by atoms with van der Waals surface area (Å²) < 4.78 is 4.44. The highest BCUT2D eigenvalue weighted by molar-refractivity contribution is 5.84. The Morgan fingerprint density at radius 3 is 2.53 bits per heavy atom. The largest absolute Gasteiger partial charge is 0.453 e. The van der Waals surface area contributed by atoms with Crippen molar-refractivity contribution in [1.29, 1.82) is 5.41 Å². The molecule has 0 aromatic heterocycles. The Morgan fingerprint density at radius 1 is 1.47 bits per heavy atom. The number of anilines is 1. The summed E-state index contributed by atoms with van der Waals surface area (Å²) in [6.45, 7) is 0. The SMILES string of the molecule is COC(=O)Nc1ccc(CC(=N)N)cc1. The van der Waals surface area contributed by atoms with E-state index >= 15 is 0 Å². The molecule has 15 heavy (non-hydrogen) atoms. The lowest BCUT2D eigenvalue weighted by Crippen LogP contribution is -2.13. The molecule has 5 nitrogen and oxygen atoms in total. The number of amides is 1. The maximum atomic E-state index is 10.9. The molecule has 4 N–H and O–H groups in total. The van der Waals surface area contributed by atoms with Crippen molar-refractivity contribution in [2.45, 2.75) is 6.42 Å². The van der Waals surface area contributed by atoms with Gasteiger partial charge in [-0.3, -0.25) is 10.7 Å². The van der Waals surface area contributed by atoms with Crippen LogP contribution in [0.1, 0.15) is 5.56 Å². The molecule has 0 spiro atoms. The number of nitrogens with two attached hydrogens (primary N) is 1. The van der Waals surface area contributed by atoms with E-state index in [0.29, 0.717) is 12.1 Å². The highest BCUT2D eigenvalue weighted by Crippen LogP contribution is 2.10. The maximum Gasteiger partial charge on any atom is 0.411 e. The fourth-order valence-electron chi connectivity index (χ4n) is 1.09. The quantitative estimate of drug-likeness (QED) is 0.516. The minimum atomic E-state index is -0.505. The third-order valence-electron chi connectivity index (χ3n) is 1.78. The molecule has 0 aliphatic rings. The van der Waals surface area contributed by atoms with E-state index in [1.54, 1.807) is 24.3 Å². The molecule has 80 valence electrons. The second kappa shape index (κ2) is 4.99. The molecule has 0 unspecified atom stereocenters. The predicted octanol–water partition coefficient (Wildman–Crippen LogP) is 1.34. The molecule has 0 saturated heterocycles. The molecule has 0 bridgehead atoms. The third-order valence-corrected chi connectivity index (χ3v) is 1.78. The molecule has 1 aromatic rings. The van der Waals surface area contributed by atoms with Crippen molar-refractivity contribution in [2.75, 3.05) is 12.4 Å². The van der Waals surface area contributed by atoms with Crippen LogP contribution in [0.3, 0.4) is 0 Å². The van der Waals surface area contributed by atoms with Crippen molar-refractivity contribution in [2.24, 2.45) is 5.73 Å². The third kappa shape index (κ3) is 3.68. The summed E-state index contributed by atoms with van der Waals surface area (Å²) in [4.78, 5) is 10.9. The first-order valence-electron chi connectivity index (χ1n) is 4.38. The summed E-state index contributed by atoms with van der Waals surface area (Å²) in [5.41, 5.74) is 6.83. The van der Waals surface area contributed by atoms with Crippen LogP contribution in [0.4, 0.5) is 10.5 Å². The van der Waals surface area contributed by atoms with Gasteiger partial charge in [0.05, 0.1) is 12.9 Å². The van der Waals surface area contributed by atoms with Gasteiger partial charge < -0.3 is 10.5 Å². The van der Waals surface area contributed by atoms with Crippen LogP contribution in [0, 0.1) is 5.41 Å². The van der Waals surface area contributed by atoms with E-state index in [1.165, 1.54) is 7.11 Å². The van der Waals surface area contributed by atoms with Gasteiger partial charge in [-0.15, -0.1) is 0 Å². The Morgan fingerprint density at radius 2 is 2.07 bits per heavy atom. The van der Waals surface area contributed by atoms with Gasteiger partial charge in [0.25, 0.3) is 0 Å². The summed E-state index contributed by atoms with van der Waals surface area (Å²) in [6.07, 6.45) is -0.0901. The standard InChI is InChI=1S/C10H13N3O2/c1-15-10(14)13-8-4-2-7(3-5-8)6-9(11)12/h2-5H,6H2,1H3,(H3,11,12)(H,13,14). The minimum absolute atomic E-state index is 0.115. The maximum absolute atomic E-state index is 10.9. The van der Waals surface area contributed by atoms with Crippen LogP contribution < -0.4 is 11.1 Å². The van der Waals surface area contributed by atoms with E-state index in [4.69, 9.17) is 11.1 Å². The van der Waals surface area contributed by atoms with Gasteiger partial charge in [-0.1, -0.05) is 12.1 Å². The van der Waals surface area contributed by atoms with Crippen LogP contribution >= 0.6 is 0 Å². The average molecular weight is 207 g/mol. The van der Waals surface area contributed by atoms with E-state index in [2.05, 4.69) is 10.1 Å². The van der Waals surface area contributed by atoms with Crippen LogP contribution in [0.5, 0.6) is 0 Å². The van der Waals surface area contributed by atoms with Gasteiger partial charge in [-0.25, -0.2) is 4.79 Å². The van der Waals surface area contributed by atoms with Gasteiger partial charge in [0.15, 0.2) is 0 Å². The van der Waals surface area contributed by atoms with Crippen molar-refractivity contribution in [3.05, 3.63) is 29.8 Å². The van der Waals surface area contributed by atoms with Crippen molar-refractivity contribution < 1.29 is 9.53 Å². The highest BCUT2D eigenvalue weighted by atomic mass is 16.5. The average Bonchev–Trinajstić information content (AvgIpc) is 2.20. The molecule has 0 heterocycles. The van der Waals surface area contributed by atoms with Crippen LogP contribution in [-0.4, -0.2) is 19.0 Å². The lowest BCUT2D eigenvalue weighted by Gasteiger charge is -2.04. The number of nitrogens with one attached hydrogen (secondary N) is 2. The molecule has 0 radical (unpaired) electrons. The molecule has 0 saturated carbocycles. The highest BCUT2D eigenvalue weighted by Gasteiger charge is 2.00. The summed E-state index contributed by atoms with van der Waals surface area (Å²) in [5.74, 6) is 0.115. The Kier molecular flexibility index (Phi) is 3.68. The second-order valence-corrected chi connectivity index (χ2v) is 3.02. The van der Waals surface area contributed by atoms with Crippen LogP contribution in [0.2, 0.25) is 0 Å². The summed E-state index contributed by atoms with van der Waals surface area (Å²) in [7, 11) is 1.31. The van der Waals surface area contributed by atoms with Crippen LogP contribution in [0.15, 0.2) is 24.3 Å². The smallest absolute Gasteiger partial charge is 0.411 e. The lowest BCUT2D eigenvalue weighted by atomic mass is 10.1. The zero-order valence-electron chi connectivity index (χ0n) is 8.41. The van der Waals surface area contributed by atoms with Crippen molar-refractivity contribution in [1.82, 2.24) is 0 Å². The molecular weight excluding hydrogens is 194 g/mol. The number of ether oxygens (including phenoxy) is 1. The van der Waals surface area contributed by atoms with Gasteiger partial charge >= 0.3 is 6.09 Å². The van der Waals surface area contributed by atoms with Crippen molar-refractivity contribution in [3.8, 4) is 0 Å². The fraction of sp³-hybridized carbons (Fsp3) is 0.200. The van der Waals surface area contributed by atoms with Gasteiger partial charge in [-0.05, 0) is 17.7 Å². The van der Waals surface area contributed by atoms with E-state index in [1.807, 2.05) is 0 Å². The van der Waals surface area contributed by atoms with E-state index in [9.17, 15) is 4.79 Å². The number of methoxy groups -OCH3 is 1. The molecule has 0 fully saturated rings. The van der Waals surface area contributed by atoms with Gasteiger partial charge in [0.1, 0.15) is 0 Å². The summed E-state index contributed by atoms with van der Waals surface area (Å²) >= 11 is 0.